The number of carbonyl (C=O) groups is 1. The van der Waals surface area contributed by atoms with Gasteiger partial charge in [0.2, 0.25) is 5.91 Å². The van der Waals surface area contributed by atoms with Crippen LogP contribution in [0.15, 0.2) is 0 Å². The average Bonchev–Trinajstić information content (AvgIpc) is 3.45. The number of fused-ring (bicyclic) bond motifs is 5. The molecule has 6 unspecified atom stereocenters. The first kappa shape index (κ1) is 41.0. The number of ether oxygens (including phenoxy) is 3. The van der Waals surface area contributed by atoms with E-state index in [1.807, 2.05) is 0 Å². The lowest BCUT2D eigenvalue weighted by Gasteiger charge is -2.65. The largest absolute Gasteiger partial charge is 0.378 e. The fraction of sp³-hybridized carbons (Fsp3) is 0.976. The molecule has 49 heavy (non-hydrogen) atoms. The van der Waals surface area contributed by atoms with E-state index in [9.17, 15) is 4.79 Å². The number of unbranched alkanes of at least 4 members (excludes halogenated alkanes) is 5. The van der Waals surface area contributed by atoms with Crippen LogP contribution in [0, 0.1) is 46.3 Å². The molecule has 0 radical (unpaired) electrons. The monoisotopic (exact) mass is 691 g/mol. The Bertz CT molecular complexity index is 954. The first-order chi connectivity index (χ1) is 23.7. The Balaban J connectivity index is 1.49. The van der Waals surface area contributed by atoms with Crippen LogP contribution in [-0.2, 0) is 19.0 Å². The summed E-state index contributed by atoms with van der Waals surface area (Å²) < 4.78 is 20.3. The highest BCUT2D eigenvalue weighted by atomic mass is 16.5. The molecule has 11 atom stereocenters. The van der Waals surface area contributed by atoms with Crippen molar-refractivity contribution in [3.8, 4) is 0 Å². The van der Waals surface area contributed by atoms with Crippen molar-refractivity contribution in [1.29, 1.82) is 0 Å². The lowest BCUT2D eigenvalue weighted by Crippen LogP contribution is -2.63. The van der Waals surface area contributed by atoms with Gasteiger partial charge in [0.1, 0.15) is 0 Å². The molecule has 4 saturated carbocycles. The average molecular weight is 691 g/mol. The van der Waals surface area contributed by atoms with Crippen LogP contribution in [0.1, 0.15) is 143 Å². The second-order valence-corrected chi connectivity index (χ2v) is 17.1. The SMILES string of the molecule is CCCCCCCCNC(=O)CC[C@H](C)C1CC[C@H]2C3[C@H](OCCCN)CC4CC(OCCCN)CCC4(C)[C@H]3C[C@H](OCCCN)C12C. The maximum Gasteiger partial charge on any atom is 0.220 e. The highest BCUT2D eigenvalue weighted by Gasteiger charge is 2.66. The number of amides is 1. The summed E-state index contributed by atoms with van der Waals surface area (Å²) in [6.45, 7) is 14.9. The van der Waals surface area contributed by atoms with E-state index in [0.29, 0.717) is 67.7 Å². The van der Waals surface area contributed by atoms with Gasteiger partial charge in [-0.25, -0.2) is 0 Å². The van der Waals surface area contributed by atoms with Gasteiger partial charge in [-0.3, -0.25) is 4.79 Å². The van der Waals surface area contributed by atoms with Gasteiger partial charge in [0.25, 0.3) is 0 Å². The van der Waals surface area contributed by atoms with Crippen molar-refractivity contribution in [3.05, 3.63) is 0 Å². The molecule has 0 aromatic heterocycles. The summed E-state index contributed by atoms with van der Waals surface area (Å²) in [5, 5.41) is 3.23. The van der Waals surface area contributed by atoms with E-state index in [4.69, 9.17) is 31.4 Å². The predicted octanol–water partition coefficient (Wildman–Crippen LogP) is 6.96. The molecule has 4 aliphatic rings. The molecule has 0 heterocycles. The van der Waals surface area contributed by atoms with E-state index in [2.05, 4.69) is 33.0 Å². The minimum Gasteiger partial charge on any atom is -0.378 e. The van der Waals surface area contributed by atoms with Crippen LogP contribution in [-0.4, -0.2) is 70.2 Å². The Labute approximate surface area is 300 Å². The second kappa shape index (κ2) is 20.5. The van der Waals surface area contributed by atoms with Crippen molar-refractivity contribution < 1.29 is 19.0 Å². The van der Waals surface area contributed by atoms with Crippen molar-refractivity contribution in [2.45, 2.75) is 162 Å². The highest BCUT2D eigenvalue weighted by Crippen LogP contribution is 2.69. The van der Waals surface area contributed by atoms with Crippen LogP contribution in [0.2, 0.25) is 0 Å². The molecular weight excluding hydrogens is 612 g/mol. The summed E-state index contributed by atoms with van der Waals surface area (Å²) in [6, 6.07) is 0. The number of hydrogen-bond donors (Lipinski definition) is 4. The molecule has 4 fully saturated rings. The van der Waals surface area contributed by atoms with E-state index in [1.54, 1.807) is 0 Å². The van der Waals surface area contributed by atoms with Crippen LogP contribution in [0.4, 0.5) is 0 Å². The zero-order valence-corrected chi connectivity index (χ0v) is 32.2. The molecule has 8 heteroatoms. The minimum absolute atomic E-state index is 0.0609. The van der Waals surface area contributed by atoms with E-state index < -0.39 is 0 Å². The molecule has 286 valence electrons. The van der Waals surface area contributed by atoms with Gasteiger partial charge in [0, 0.05) is 38.2 Å². The number of carbonyl (C=O) groups excluding carboxylic acids is 1. The van der Waals surface area contributed by atoms with Crippen LogP contribution in [0.5, 0.6) is 0 Å². The lowest BCUT2D eigenvalue weighted by atomic mass is 9.43. The minimum atomic E-state index is 0.0609. The first-order valence-electron chi connectivity index (χ1n) is 21.0. The van der Waals surface area contributed by atoms with Gasteiger partial charge < -0.3 is 36.7 Å². The van der Waals surface area contributed by atoms with Gasteiger partial charge in [-0.05, 0) is 138 Å². The van der Waals surface area contributed by atoms with Crippen molar-refractivity contribution in [1.82, 2.24) is 5.32 Å². The normalized spacial score (nSPS) is 36.1. The Hall–Kier alpha value is -0.770. The maximum absolute atomic E-state index is 12.9. The molecule has 4 rings (SSSR count). The molecule has 8 nitrogen and oxygen atoms in total. The van der Waals surface area contributed by atoms with E-state index in [0.717, 1.165) is 84.2 Å². The van der Waals surface area contributed by atoms with Crippen molar-refractivity contribution in [2.24, 2.45) is 63.5 Å². The summed E-state index contributed by atoms with van der Waals surface area (Å²) >= 11 is 0. The van der Waals surface area contributed by atoms with Gasteiger partial charge >= 0.3 is 0 Å². The Kier molecular flexibility index (Phi) is 17.1. The fourth-order valence-electron chi connectivity index (χ4n) is 11.4. The van der Waals surface area contributed by atoms with Crippen molar-refractivity contribution in [3.63, 3.8) is 0 Å². The summed E-state index contributed by atoms with van der Waals surface area (Å²) in [6.07, 6.45) is 20.8. The highest BCUT2D eigenvalue weighted by molar-refractivity contribution is 5.75. The summed E-state index contributed by atoms with van der Waals surface area (Å²) in [4.78, 5) is 12.9. The summed E-state index contributed by atoms with van der Waals surface area (Å²) in [7, 11) is 0. The first-order valence-corrected chi connectivity index (χ1v) is 21.0. The third-order valence-corrected chi connectivity index (χ3v) is 14.2. The van der Waals surface area contributed by atoms with Crippen LogP contribution in [0.3, 0.4) is 0 Å². The maximum atomic E-state index is 12.9. The molecule has 0 aliphatic heterocycles. The molecular formula is C41H78N4O4. The molecule has 0 aromatic rings. The van der Waals surface area contributed by atoms with Gasteiger partial charge in [0.05, 0.1) is 18.3 Å². The number of rotatable bonds is 23. The zero-order valence-electron chi connectivity index (χ0n) is 32.2. The Morgan fingerprint density at radius 1 is 0.796 bits per heavy atom. The molecule has 4 aliphatic carbocycles. The number of nitrogens with two attached hydrogens (primary N) is 3. The molecule has 7 N–H and O–H groups in total. The van der Waals surface area contributed by atoms with Gasteiger partial charge in [0.15, 0.2) is 0 Å². The molecule has 0 bridgehead atoms. The third kappa shape index (κ3) is 10.2. The predicted molar refractivity (Wildman–Crippen MR) is 201 cm³/mol. The third-order valence-electron chi connectivity index (χ3n) is 14.2. The standard InChI is InChI=1S/C41H78N4O4/c1-5-6-7-8-9-10-23-45-38(46)17-14-30(2)33-15-16-34-39-35(29-37(41(33,34)4)49-26-13-22-44)40(3)19-18-32(47-24-11-20-42)27-31(40)28-36(39)48-25-12-21-43/h30-37,39H,5-29,42-44H2,1-4H3,(H,45,46)/t30-,31?,32?,33?,34-,35-,36+,37-,39?,40?,41?/m0/s1. The molecule has 0 saturated heterocycles. The van der Waals surface area contributed by atoms with Gasteiger partial charge in [-0.1, -0.05) is 59.8 Å². The Morgan fingerprint density at radius 3 is 2.18 bits per heavy atom. The van der Waals surface area contributed by atoms with Crippen LogP contribution < -0.4 is 22.5 Å². The van der Waals surface area contributed by atoms with E-state index >= 15 is 0 Å². The zero-order chi connectivity index (χ0) is 35.3. The van der Waals surface area contributed by atoms with Crippen molar-refractivity contribution in [2.75, 3.05) is 46.0 Å². The second-order valence-electron chi connectivity index (χ2n) is 17.1. The van der Waals surface area contributed by atoms with Crippen molar-refractivity contribution >= 4 is 5.91 Å². The van der Waals surface area contributed by atoms with E-state index in [-0.39, 0.29) is 28.9 Å². The number of hydrogen-bond acceptors (Lipinski definition) is 7. The number of nitrogens with one attached hydrogen (secondary N) is 1. The van der Waals surface area contributed by atoms with Crippen LogP contribution in [0.25, 0.3) is 0 Å². The van der Waals surface area contributed by atoms with Crippen LogP contribution >= 0.6 is 0 Å². The van der Waals surface area contributed by atoms with Gasteiger partial charge in [-0.2, -0.15) is 0 Å². The van der Waals surface area contributed by atoms with Gasteiger partial charge in [-0.15, -0.1) is 0 Å². The Morgan fingerprint density at radius 2 is 1.47 bits per heavy atom. The summed E-state index contributed by atoms with van der Waals surface area (Å²) in [5.74, 6) is 3.48. The topological polar surface area (TPSA) is 135 Å². The summed E-state index contributed by atoms with van der Waals surface area (Å²) in [5.41, 5.74) is 18.1. The fourth-order valence-corrected chi connectivity index (χ4v) is 11.4. The smallest absolute Gasteiger partial charge is 0.220 e. The molecule has 0 aromatic carbocycles. The molecule has 1 amide bonds. The molecule has 0 spiro atoms. The lowest BCUT2D eigenvalue weighted by molar-refractivity contribution is -0.227. The van der Waals surface area contributed by atoms with E-state index in [1.165, 1.54) is 51.4 Å². The quantitative estimate of drug-likeness (QED) is 0.0852.